The molecule has 2 rings (SSSR count). The van der Waals surface area contributed by atoms with Gasteiger partial charge in [-0.2, -0.15) is 5.10 Å². The first kappa shape index (κ1) is 11.3. The highest BCUT2D eigenvalue weighted by molar-refractivity contribution is 7.71. The van der Waals surface area contributed by atoms with Gasteiger partial charge in [0, 0.05) is 7.05 Å². The molecular weight excluding hydrogens is 238 g/mol. The Morgan fingerprint density at radius 3 is 2.88 bits per heavy atom. The summed E-state index contributed by atoms with van der Waals surface area (Å²) >= 11 is 5.16. The van der Waals surface area contributed by atoms with Crippen LogP contribution in [0.3, 0.4) is 0 Å². The van der Waals surface area contributed by atoms with Gasteiger partial charge in [-0.25, -0.2) is 9.90 Å². The van der Waals surface area contributed by atoms with Crippen LogP contribution in [0.25, 0.3) is 5.69 Å². The molecule has 1 heterocycles. The third-order valence-corrected chi connectivity index (χ3v) is 2.66. The molecule has 0 spiro atoms. The van der Waals surface area contributed by atoms with Gasteiger partial charge in [0.05, 0.1) is 11.4 Å². The van der Waals surface area contributed by atoms with Gasteiger partial charge < -0.3 is 11.1 Å². The van der Waals surface area contributed by atoms with Gasteiger partial charge in [0.25, 0.3) is 5.91 Å². The SMILES string of the molecule is CNC(=O)c1n[nH]n(-c2ccccc2N)c1=S. The first-order valence-electron chi connectivity index (χ1n) is 4.89. The number of carbonyl (C=O) groups excluding carboxylic acids is 1. The number of anilines is 1. The lowest BCUT2D eigenvalue weighted by Crippen LogP contribution is -2.18. The van der Waals surface area contributed by atoms with E-state index < -0.39 is 0 Å². The van der Waals surface area contributed by atoms with Crippen molar-refractivity contribution in [2.24, 2.45) is 0 Å². The van der Waals surface area contributed by atoms with E-state index in [4.69, 9.17) is 18.0 Å². The van der Waals surface area contributed by atoms with Crippen molar-refractivity contribution in [2.75, 3.05) is 12.8 Å². The number of aromatic amines is 1. The van der Waals surface area contributed by atoms with Crippen LogP contribution in [0.1, 0.15) is 10.5 Å². The minimum absolute atomic E-state index is 0.172. The molecule has 4 N–H and O–H groups in total. The van der Waals surface area contributed by atoms with E-state index in [1.54, 1.807) is 12.1 Å². The summed E-state index contributed by atoms with van der Waals surface area (Å²) in [6.45, 7) is 0. The molecule has 0 atom stereocenters. The first-order valence-corrected chi connectivity index (χ1v) is 5.30. The Morgan fingerprint density at radius 2 is 2.24 bits per heavy atom. The van der Waals surface area contributed by atoms with Gasteiger partial charge in [0.2, 0.25) is 0 Å². The van der Waals surface area contributed by atoms with Crippen molar-refractivity contribution in [3.8, 4) is 5.69 Å². The third kappa shape index (κ3) is 1.92. The maximum absolute atomic E-state index is 11.5. The zero-order chi connectivity index (χ0) is 12.4. The Bertz CT molecular complexity index is 615. The van der Waals surface area contributed by atoms with Gasteiger partial charge >= 0.3 is 0 Å². The molecule has 0 unspecified atom stereocenters. The minimum Gasteiger partial charge on any atom is -0.397 e. The number of para-hydroxylation sites is 2. The van der Waals surface area contributed by atoms with Crippen LogP contribution in [0, 0.1) is 4.64 Å². The number of nitrogens with zero attached hydrogens (tertiary/aromatic N) is 2. The van der Waals surface area contributed by atoms with E-state index in [0.717, 1.165) is 0 Å². The number of benzene rings is 1. The Kier molecular flexibility index (Phi) is 2.92. The smallest absolute Gasteiger partial charge is 0.274 e. The summed E-state index contributed by atoms with van der Waals surface area (Å²) in [7, 11) is 1.52. The van der Waals surface area contributed by atoms with Crippen molar-refractivity contribution < 1.29 is 4.79 Å². The summed E-state index contributed by atoms with van der Waals surface area (Å²) in [5.41, 5.74) is 7.21. The van der Waals surface area contributed by atoms with Gasteiger partial charge in [-0.1, -0.05) is 24.4 Å². The summed E-state index contributed by atoms with van der Waals surface area (Å²) < 4.78 is 1.79. The van der Waals surface area contributed by atoms with Gasteiger partial charge in [0.15, 0.2) is 10.3 Å². The van der Waals surface area contributed by atoms with Crippen LogP contribution in [0.2, 0.25) is 0 Å². The standard InChI is InChI=1S/C10H11N5OS/c1-12-9(16)8-10(17)15(14-13-8)7-5-3-2-4-6(7)11/h2-5,14H,11H2,1H3,(H,12,16). The molecule has 1 amide bonds. The van der Waals surface area contributed by atoms with Crippen molar-refractivity contribution in [3.05, 3.63) is 34.6 Å². The van der Waals surface area contributed by atoms with Crippen LogP contribution < -0.4 is 11.1 Å². The highest BCUT2D eigenvalue weighted by Gasteiger charge is 2.13. The number of hydrogen-bond acceptors (Lipinski definition) is 4. The van der Waals surface area contributed by atoms with Crippen LogP contribution in [0.5, 0.6) is 0 Å². The molecule has 0 aliphatic rings. The molecular formula is C10H11N5OS. The molecule has 88 valence electrons. The fourth-order valence-corrected chi connectivity index (χ4v) is 1.70. The number of nitrogens with two attached hydrogens (primary N) is 1. The molecule has 1 aromatic heterocycles. The maximum Gasteiger partial charge on any atom is 0.274 e. The number of hydrogen-bond donors (Lipinski definition) is 3. The summed E-state index contributed by atoms with van der Waals surface area (Å²) in [5.74, 6) is -0.334. The van der Waals surface area contributed by atoms with Crippen molar-refractivity contribution in [1.82, 2.24) is 20.3 Å². The number of rotatable bonds is 2. The quantitative estimate of drug-likeness (QED) is 0.544. The fourth-order valence-electron chi connectivity index (χ4n) is 1.42. The van der Waals surface area contributed by atoms with Gasteiger partial charge in [-0.15, -0.1) is 0 Å². The monoisotopic (exact) mass is 249 g/mol. The second kappa shape index (κ2) is 4.38. The molecule has 17 heavy (non-hydrogen) atoms. The Labute approximate surface area is 102 Å². The fraction of sp³-hybridized carbons (Fsp3) is 0.100. The maximum atomic E-state index is 11.5. The summed E-state index contributed by atoms with van der Waals surface area (Å²) in [4.78, 5) is 11.5. The Hall–Kier alpha value is -2.15. The zero-order valence-corrected chi connectivity index (χ0v) is 9.91. The molecule has 0 saturated heterocycles. The number of H-pyrrole nitrogens is 1. The van der Waals surface area contributed by atoms with E-state index in [1.165, 1.54) is 11.7 Å². The number of amides is 1. The third-order valence-electron chi connectivity index (χ3n) is 2.29. The minimum atomic E-state index is -0.334. The highest BCUT2D eigenvalue weighted by Crippen LogP contribution is 2.16. The predicted octanol–water partition coefficient (Wildman–Crippen LogP) is 0.872. The molecule has 0 fully saturated rings. The van der Waals surface area contributed by atoms with E-state index in [2.05, 4.69) is 15.6 Å². The lowest BCUT2D eigenvalue weighted by atomic mass is 10.3. The van der Waals surface area contributed by atoms with Crippen LogP contribution in [-0.2, 0) is 0 Å². The van der Waals surface area contributed by atoms with Gasteiger partial charge in [0.1, 0.15) is 0 Å². The zero-order valence-electron chi connectivity index (χ0n) is 9.10. The Morgan fingerprint density at radius 1 is 1.53 bits per heavy atom. The van der Waals surface area contributed by atoms with Gasteiger partial charge in [-0.05, 0) is 12.1 Å². The lowest BCUT2D eigenvalue weighted by molar-refractivity contribution is 0.0957. The lowest BCUT2D eigenvalue weighted by Gasteiger charge is -2.04. The largest absolute Gasteiger partial charge is 0.397 e. The van der Waals surface area contributed by atoms with E-state index in [-0.39, 0.29) is 11.6 Å². The molecule has 0 saturated carbocycles. The average Bonchev–Trinajstić information content (AvgIpc) is 2.71. The Balaban J connectivity index is 2.56. The van der Waals surface area contributed by atoms with Crippen molar-refractivity contribution in [1.29, 1.82) is 0 Å². The topological polar surface area (TPSA) is 88.7 Å². The van der Waals surface area contributed by atoms with Crippen molar-refractivity contribution in [2.45, 2.75) is 0 Å². The molecule has 1 aromatic carbocycles. The van der Waals surface area contributed by atoms with E-state index in [9.17, 15) is 4.79 Å². The van der Waals surface area contributed by atoms with Crippen LogP contribution in [-0.4, -0.2) is 27.9 Å². The second-order valence-corrected chi connectivity index (χ2v) is 3.73. The predicted molar refractivity (Wildman–Crippen MR) is 66.6 cm³/mol. The van der Waals surface area contributed by atoms with Crippen LogP contribution in [0.4, 0.5) is 5.69 Å². The normalized spacial score (nSPS) is 10.2. The number of nitrogens with one attached hydrogen (secondary N) is 2. The molecule has 7 heteroatoms. The number of carbonyl (C=O) groups is 1. The molecule has 0 radical (unpaired) electrons. The molecule has 0 bridgehead atoms. The van der Waals surface area contributed by atoms with Gasteiger partial charge in [-0.3, -0.25) is 4.79 Å². The second-order valence-electron chi connectivity index (χ2n) is 3.34. The summed E-state index contributed by atoms with van der Waals surface area (Å²) in [6.07, 6.45) is 0. The molecule has 6 nitrogen and oxygen atoms in total. The number of nitrogen functional groups attached to an aromatic ring is 1. The van der Waals surface area contributed by atoms with E-state index >= 15 is 0 Å². The highest BCUT2D eigenvalue weighted by atomic mass is 32.1. The number of aromatic nitrogens is 3. The van der Waals surface area contributed by atoms with E-state index in [1.807, 2.05) is 12.1 Å². The average molecular weight is 249 g/mol. The van der Waals surface area contributed by atoms with E-state index in [0.29, 0.717) is 16.0 Å². The molecule has 0 aliphatic carbocycles. The van der Waals surface area contributed by atoms with Crippen molar-refractivity contribution in [3.63, 3.8) is 0 Å². The van der Waals surface area contributed by atoms with Crippen molar-refractivity contribution >= 4 is 23.8 Å². The molecule has 2 aromatic rings. The van der Waals surface area contributed by atoms with Crippen LogP contribution in [0.15, 0.2) is 24.3 Å². The molecule has 0 aliphatic heterocycles. The summed E-state index contributed by atoms with van der Waals surface area (Å²) in [6, 6.07) is 7.18. The summed E-state index contributed by atoms with van der Waals surface area (Å²) in [5, 5.41) is 9.01. The first-order chi connectivity index (χ1) is 8.15. The van der Waals surface area contributed by atoms with Crippen LogP contribution >= 0.6 is 12.2 Å².